The normalized spacial score (nSPS) is 27.4. The highest BCUT2D eigenvalue weighted by Gasteiger charge is 2.61. The molecule has 2 aromatic rings. The zero-order valence-electron chi connectivity index (χ0n) is 16.0. The van der Waals surface area contributed by atoms with E-state index in [1.54, 1.807) is 0 Å². The third-order valence-corrected chi connectivity index (χ3v) is 12.7. The Morgan fingerprint density at radius 2 is 0.880 bits per heavy atom. The average molecular weight is 389 g/mol. The van der Waals surface area contributed by atoms with Crippen molar-refractivity contribution in [2.24, 2.45) is 10.8 Å². The van der Waals surface area contributed by atoms with Crippen LogP contribution in [0.25, 0.3) is 0 Å². The van der Waals surface area contributed by atoms with Gasteiger partial charge in [-0.05, 0) is 22.0 Å². The maximum absolute atomic E-state index is 2.38. The van der Waals surface area contributed by atoms with Gasteiger partial charge in [-0.2, -0.15) is 0 Å². The lowest BCUT2D eigenvalue weighted by atomic mass is 9.85. The highest BCUT2D eigenvalue weighted by atomic mass is 33.1. The zero-order chi connectivity index (χ0) is 18.3. The van der Waals surface area contributed by atoms with Gasteiger partial charge >= 0.3 is 0 Å². The summed E-state index contributed by atoms with van der Waals surface area (Å²) in [5, 5.41) is 0. The van der Waals surface area contributed by atoms with E-state index < -0.39 is 0 Å². The van der Waals surface area contributed by atoms with Crippen LogP contribution in [0.1, 0.15) is 52.7 Å². The molecule has 0 N–H and O–H groups in total. The van der Waals surface area contributed by atoms with E-state index in [2.05, 4.69) is 136 Å². The zero-order valence-corrected chi connectivity index (χ0v) is 18.4. The molecular formula is C22H28S3. The molecule has 1 saturated heterocycles. The summed E-state index contributed by atoms with van der Waals surface area (Å²) in [6, 6.07) is 22.1. The first-order valence-electron chi connectivity index (χ1n) is 8.80. The molecular weight excluding hydrogens is 360 g/mol. The lowest BCUT2D eigenvalue weighted by Gasteiger charge is -2.45. The van der Waals surface area contributed by atoms with Crippen LogP contribution in [0.3, 0.4) is 0 Å². The third kappa shape index (κ3) is 3.17. The molecule has 1 aliphatic heterocycles. The summed E-state index contributed by atoms with van der Waals surface area (Å²) in [6.45, 7) is 14.3. The van der Waals surface area contributed by atoms with Crippen molar-refractivity contribution >= 4 is 33.3 Å². The van der Waals surface area contributed by atoms with Crippen LogP contribution in [0.15, 0.2) is 60.7 Å². The van der Waals surface area contributed by atoms with Crippen molar-refractivity contribution < 1.29 is 0 Å². The molecule has 3 rings (SSSR count). The monoisotopic (exact) mass is 388 g/mol. The molecule has 3 heteroatoms. The maximum atomic E-state index is 2.38. The maximum Gasteiger partial charge on any atom is 0.103 e. The molecule has 0 nitrogen and oxygen atoms in total. The van der Waals surface area contributed by atoms with Crippen LogP contribution < -0.4 is 0 Å². The Hall–Kier alpha value is -0.510. The first-order chi connectivity index (χ1) is 11.6. The first kappa shape index (κ1) is 19.3. The van der Waals surface area contributed by atoms with Gasteiger partial charge in [0.05, 0.1) is 0 Å². The third-order valence-electron chi connectivity index (χ3n) is 4.85. The fraction of sp³-hybridized carbons (Fsp3) is 0.455. The molecule has 25 heavy (non-hydrogen) atoms. The van der Waals surface area contributed by atoms with Crippen molar-refractivity contribution in [1.82, 2.24) is 0 Å². The van der Waals surface area contributed by atoms with E-state index in [9.17, 15) is 0 Å². The molecule has 0 saturated carbocycles. The minimum Gasteiger partial charge on any atom is -0.114 e. The van der Waals surface area contributed by atoms with Gasteiger partial charge in [0.1, 0.15) is 8.16 Å². The van der Waals surface area contributed by atoms with Crippen molar-refractivity contribution in [3.8, 4) is 0 Å². The average Bonchev–Trinajstić information content (AvgIpc) is 3.00. The standard InChI is InChI=1S/C22H28S3/c1-19(2,3)21(17-13-9-7-10-14-17)23-22(25-24-21,20(4,5)6)18-15-11-8-12-16-18/h7-16H,1-6H3. The predicted octanol–water partition coefficient (Wildman–Crippen LogP) is 7.91. The molecule has 0 radical (unpaired) electrons. The number of benzene rings is 2. The highest BCUT2D eigenvalue weighted by Crippen LogP contribution is 2.80. The molecule has 2 aromatic carbocycles. The van der Waals surface area contributed by atoms with Crippen LogP contribution in [0.2, 0.25) is 0 Å². The van der Waals surface area contributed by atoms with Crippen LogP contribution >= 0.6 is 33.3 Å². The summed E-state index contributed by atoms with van der Waals surface area (Å²) in [5.74, 6) is 0. The van der Waals surface area contributed by atoms with Crippen molar-refractivity contribution in [2.45, 2.75) is 49.7 Å². The Kier molecular flexibility index (Phi) is 5.07. The number of rotatable bonds is 2. The number of thioether (sulfide) groups is 1. The minimum atomic E-state index is 0.0159. The molecule has 2 unspecified atom stereocenters. The van der Waals surface area contributed by atoms with E-state index >= 15 is 0 Å². The molecule has 1 aliphatic rings. The molecule has 1 heterocycles. The van der Waals surface area contributed by atoms with Crippen LogP contribution in [0.5, 0.6) is 0 Å². The fourth-order valence-corrected chi connectivity index (χ4v) is 11.2. The van der Waals surface area contributed by atoms with Gasteiger partial charge in [0.2, 0.25) is 0 Å². The fourth-order valence-electron chi connectivity index (χ4n) is 3.31. The smallest absolute Gasteiger partial charge is 0.103 e. The van der Waals surface area contributed by atoms with E-state index in [0.717, 1.165) is 0 Å². The van der Waals surface area contributed by atoms with Gasteiger partial charge < -0.3 is 0 Å². The quantitative estimate of drug-likeness (QED) is 0.480. The summed E-state index contributed by atoms with van der Waals surface area (Å²) >= 11 is 2.15. The number of hydrogen-bond donors (Lipinski definition) is 0. The molecule has 0 aromatic heterocycles. The van der Waals surface area contributed by atoms with Gasteiger partial charge in [0.25, 0.3) is 0 Å². The molecule has 2 atom stereocenters. The van der Waals surface area contributed by atoms with Crippen molar-refractivity contribution in [3.05, 3.63) is 71.8 Å². The lowest BCUT2D eigenvalue weighted by Crippen LogP contribution is -2.37. The molecule has 0 bridgehead atoms. The van der Waals surface area contributed by atoms with Gasteiger partial charge in [0, 0.05) is 0 Å². The summed E-state index contributed by atoms with van der Waals surface area (Å²) < 4.78 is 0.0318. The minimum absolute atomic E-state index is 0.0159. The number of hydrogen-bond acceptors (Lipinski definition) is 3. The van der Waals surface area contributed by atoms with Crippen LogP contribution in [0.4, 0.5) is 0 Å². The topological polar surface area (TPSA) is 0 Å². The van der Waals surface area contributed by atoms with E-state index in [1.165, 1.54) is 11.1 Å². The Labute approximate surface area is 165 Å². The van der Waals surface area contributed by atoms with Gasteiger partial charge in [-0.15, -0.1) is 11.8 Å². The SMILES string of the molecule is CC(C)(C)C1(c2ccccc2)SSC(c2ccccc2)(C(C)(C)C)S1. The van der Waals surface area contributed by atoms with E-state index in [0.29, 0.717) is 0 Å². The molecule has 134 valence electrons. The predicted molar refractivity (Wildman–Crippen MR) is 118 cm³/mol. The van der Waals surface area contributed by atoms with Crippen molar-refractivity contribution in [1.29, 1.82) is 0 Å². The van der Waals surface area contributed by atoms with Crippen molar-refractivity contribution in [3.63, 3.8) is 0 Å². The van der Waals surface area contributed by atoms with Crippen LogP contribution in [-0.4, -0.2) is 0 Å². The van der Waals surface area contributed by atoms with Gasteiger partial charge in [-0.1, -0.05) is 124 Å². The summed E-state index contributed by atoms with van der Waals surface area (Å²) in [6.07, 6.45) is 0. The highest BCUT2D eigenvalue weighted by molar-refractivity contribution is 8.83. The largest absolute Gasteiger partial charge is 0.114 e. The van der Waals surface area contributed by atoms with Gasteiger partial charge in [-0.25, -0.2) is 0 Å². The molecule has 1 fully saturated rings. The Balaban J connectivity index is 2.18. The van der Waals surface area contributed by atoms with Crippen LogP contribution in [-0.2, 0) is 8.16 Å². The van der Waals surface area contributed by atoms with E-state index in [1.807, 2.05) is 0 Å². The van der Waals surface area contributed by atoms with E-state index in [-0.39, 0.29) is 19.0 Å². The Bertz CT molecular complexity index is 649. The van der Waals surface area contributed by atoms with Gasteiger partial charge in [0.15, 0.2) is 0 Å². The van der Waals surface area contributed by atoms with Crippen LogP contribution in [0, 0.1) is 10.8 Å². The van der Waals surface area contributed by atoms with Gasteiger partial charge in [-0.3, -0.25) is 0 Å². The summed E-state index contributed by atoms with van der Waals surface area (Å²) in [5.41, 5.74) is 3.12. The molecule has 0 spiro atoms. The summed E-state index contributed by atoms with van der Waals surface area (Å²) in [7, 11) is 4.12. The first-order valence-corrected chi connectivity index (χ1v) is 11.8. The Morgan fingerprint density at radius 3 is 1.16 bits per heavy atom. The molecule has 0 aliphatic carbocycles. The van der Waals surface area contributed by atoms with E-state index in [4.69, 9.17) is 0 Å². The summed E-state index contributed by atoms with van der Waals surface area (Å²) in [4.78, 5) is 0. The molecule has 0 amide bonds. The second-order valence-corrected chi connectivity index (χ2v) is 13.2. The van der Waals surface area contributed by atoms with Crippen molar-refractivity contribution in [2.75, 3.05) is 0 Å². The Morgan fingerprint density at radius 1 is 0.560 bits per heavy atom. The lowest BCUT2D eigenvalue weighted by molar-refractivity contribution is 0.353. The second-order valence-electron chi connectivity index (χ2n) is 8.73. The second kappa shape index (κ2) is 6.58.